The van der Waals surface area contributed by atoms with Crippen LogP contribution < -0.4 is 44.9 Å². The van der Waals surface area contributed by atoms with Gasteiger partial charge in [0.15, 0.2) is 37.2 Å². The number of nitrogens with one attached hydrogen (secondary N) is 3. The highest BCUT2D eigenvalue weighted by molar-refractivity contribution is 6.04. The third-order valence-corrected chi connectivity index (χ3v) is 21.9. The van der Waals surface area contributed by atoms with Crippen molar-refractivity contribution in [2.75, 3.05) is 152 Å². The average Bonchev–Trinajstić information content (AvgIpc) is 0.861. The van der Waals surface area contributed by atoms with Crippen LogP contribution in [-0.4, -0.2) is 276 Å². The van der Waals surface area contributed by atoms with E-state index in [4.69, 9.17) is 56.8 Å². The summed E-state index contributed by atoms with van der Waals surface area (Å²) in [5.74, 6) is 2.12. The predicted octanol–water partition coefficient (Wildman–Crippen LogP) is 5.06. The van der Waals surface area contributed by atoms with Gasteiger partial charge in [0.2, 0.25) is 0 Å². The molecular weight excluding hydrogens is 1560 g/mol. The molecule has 6 saturated heterocycles. The molecule has 9 atom stereocenters. The van der Waals surface area contributed by atoms with Crippen molar-refractivity contribution in [3.8, 4) is 35.5 Å². The molecule has 6 aromatic rings. The fourth-order valence-corrected chi connectivity index (χ4v) is 15.4. The monoisotopic (exact) mass is 1650 g/mol. The number of fused-ring (bicyclic) bond motifs is 3. The van der Waals surface area contributed by atoms with Crippen LogP contribution in [0, 0.1) is 34.0 Å². The topological polar surface area (TPSA) is 469 Å². The molecule has 630 valence electrons. The quantitative estimate of drug-likeness (QED) is 0.0667. The van der Waals surface area contributed by atoms with Crippen molar-refractivity contribution in [2.45, 2.75) is 132 Å². The van der Waals surface area contributed by atoms with Crippen LogP contribution >= 0.6 is 0 Å². The van der Waals surface area contributed by atoms with Gasteiger partial charge in [0.25, 0.3) is 17.7 Å². The zero-order valence-corrected chi connectivity index (χ0v) is 66.9. The highest BCUT2D eigenvalue weighted by Gasteiger charge is 2.40. The molecule has 39 heteroatoms. The number of amides is 9. The average molecular weight is 1650 g/mol. The highest BCUT2D eigenvalue weighted by atomic mass is 16.6. The lowest BCUT2D eigenvalue weighted by Gasteiger charge is -2.29. The number of nitriles is 3. The maximum Gasteiger partial charge on any atom is 0.328 e. The lowest BCUT2D eigenvalue weighted by molar-refractivity contribution is -0.137. The SMILES string of the molecule is COC1CCN(Cc2cc3c(nc2C=O)N(C(=O)Nc2cc(O[C@@H]4COC[C@H]4OC)c(C#N)cn2)CCC3)C1=O.CO[C@@H]1CCN(Cc2cc3c(nc2C=O)N(C(=O)Nc2cc(O[C@@H]4COC[C@H]4OC)c(C#N)cn2)CCC3)C1=O.CO[C@H]1COC[C@@H]1Oc1cc(NC(=O)N2CCCc3cc(CN4CC[C@@H](OC)C4=O)c(C=O)nc32)ncc1C#N. The summed E-state index contributed by atoms with van der Waals surface area (Å²) in [6.45, 7) is 5.56. The molecule has 0 bridgehead atoms. The molecule has 3 N–H and O–H groups in total. The summed E-state index contributed by atoms with van der Waals surface area (Å²) in [4.78, 5) is 149. The van der Waals surface area contributed by atoms with Crippen LogP contribution in [0.15, 0.2) is 55.0 Å². The van der Waals surface area contributed by atoms with Crippen molar-refractivity contribution < 1.29 is 100.0 Å². The first-order valence-electron chi connectivity index (χ1n) is 39.0. The number of urea groups is 3. The smallest absolute Gasteiger partial charge is 0.328 e. The third kappa shape index (κ3) is 19.2. The normalized spacial score (nSPS) is 22.1. The van der Waals surface area contributed by atoms with Crippen LogP contribution in [0.2, 0.25) is 0 Å². The predicted molar refractivity (Wildman–Crippen MR) is 420 cm³/mol. The summed E-state index contributed by atoms with van der Waals surface area (Å²) in [7, 11) is 9.20. The molecule has 1 unspecified atom stereocenters. The lowest BCUT2D eigenvalue weighted by atomic mass is 10.0. The van der Waals surface area contributed by atoms with E-state index in [9.17, 15) is 58.9 Å². The molecule has 9 amide bonds. The zero-order valence-electron chi connectivity index (χ0n) is 66.9. The van der Waals surface area contributed by atoms with Crippen molar-refractivity contribution in [3.05, 3.63) is 122 Å². The number of rotatable bonds is 24. The molecule has 15 heterocycles. The van der Waals surface area contributed by atoms with E-state index in [1.165, 1.54) is 72.8 Å². The lowest BCUT2D eigenvalue weighted by Crippen LogP contribution is -2.40. The molecule has 6 aromatic heterocycles. The number of methoxy groups -OCH3 is 6. The second-order valence-electron chi connectivity index (χ2n) is 29.2. The van der Waals surface area contributed by atoms with Crippen LogP contribution in [0.5, 0.6) is 17.2 Å². The first-order valence-corrected chi connectivity index (χ1v) is 39.0. The minimum absolute atomic E-state index is 0.116. The van der Waals surface area contributed by atoms with Crippen molar-refractivity contribution in [1.29, 1.82) is 15.8 Å². The van der Waals surface area contributed by atoms with Gasteiger partial charge in [-0.1, -0.05) is 0 Å². The fourth-order valence-electron chi connectivity index (χ4n) is 15.4. The number of carbonyl (C=O) groups is 9. The second-order valence-corrected chi connectivity index (χ2v) is 29.2. The Hall–Kier alpha value is -12.4. The van der Waals surface area contributed by atoms with Gasteiger partial charge in [-0.25, -0.2) is 44.3 Å². The van der Waals surface area contributed by atoms with E-state index in [1.54, 1.807) is 36.0 Å². The van der Waals surface area contributed by atoms with E-state index < -0.39 is 54.7 Å². The molecule has 39 nitrogen and oxygen atoms in total. The van der Waals surface area contributed by atoms with Crippen LogP contribution in [-0.2, 0) is 95.9 Å². The molecule has 0 aliphatic carbocycles. The Morgan fingerprint density at radius 3 is 0.933 bits per heavy atom. The number of carbonyl (C=O) groups excluding carboxylic acids is 9. The Bertz CT molecular complexity index is 4520. The number of nitrogens with zero attached hydrogens (tertiary/aromatic N) is 15. The van der Waals surface area contributed by atoms with E-state index >= 15 is 0 Å². The van der Waals surface area contributed by atoms with E-state index in [0.717, 1.165) is 16.7 Å². The third-order valence-electron chi connectivity index (χ3n) is 21.9. The number of aryl methyl sites for hydroxylation is 3. The number of aldehydes is 3. The number of anilines is 6. The van der Waals surface area contributed by atoms with E-state index in [2.05, 4.69) is 45.9 Å². The number of likely N-dealkylation sites (tertiary alicyclic amines) is 3. The van der Waals surface area contributed by atoms with Crippen molar-refractivity contribution in [1.82, 2.24) is 44.6 Å². The molecule has 15 rings (SSSR count). The molecule has 0 aromatic carbocycles. The molecule has 6 fully saturated rings. The van der Waals surface area contributed by atoms with Gasteiger partial charge in [0.05, 0.1) is 58.2 Å². The standard InChI is InChI=1S/3C27H30N6O7/c3*1-37-20-5-7-32(26(20)35)12-17-8-16-4-3-6-33(25(16)30-19(17)13-34)27(36)31-24-9-21(18(10-28)11-29-24)40-23-15-39-14-22(23)38-2/h3*8-9,11,13,20,22-23H,3-7,12,14-15H2,1-2H3,(H,29,31,36)/t20?,22-,23-;20-,22+,23+;20-,22-,23-/m111/s1. The van der Waals surface area contributed by atoms with Gasteiger partial charge in [-0.2, -0.15) is 15.8 Å². The van der Waals surface area contributed by atoms with Gasteiger partial charge >= 0.3 is 18.1 Å². The van der Waals surface area contributed by atoms with Crippen LogP contribution in [0.25, 0.3) is 0 Å². The molecule has 0 spiro atoms. The Balaban J connectivity index is 0.000000156. The summed E-state index contributed by atoms with van der Waals surface area (Å²) in [6, 6.07) is 14.7. The largest absolute Gasteiger partial charge is 0.484 e. The minimum Gasteiger partial charge on any atom is -0.484 e. The van der Waals surface area contributed by atoms with Gasteiger partial charge < -0.3 is 71.5 Å². The summed E-state index contributed by atoms with van der Waals surface area (Å²) < 4.78 is 66.0. The summed E-state index contributed by atoms with van der Waals surface area (Å²) >= 11 is 0. The number of pyridine rings is 6. The number of aromatic nitrogens is 6. The van der Waals surface area contributed by atoms with Crippen LogP contribution in [0.3, 0.4) is 0 Å². The fraction of sp³-hybridized carbons (Fsp3) is 0.481. The summed E-state index contributed by atoms with van der Waals surface area (Å²) in [6.07, 6.45) is 8.26. The Morgan fingerprint density at radius 1 is 0.417 bits per heavy atom. The van der Waals surface area contributed by atoms with E-state index in [-0.39, 0.29) is 124 Å². The zero-order chi connectivity index (χ0) is 84.7. The van der Waals surface area contributed by atoms with Crippen molar-refractivity contribution in [2.24, 2.45) is 0 Å². The van der Waals surface area contributed by atoms with Crippen molar-refractivity contribution >= 4 is 89.6 Å². The summed E-state index contributed by atoms with van der Waals surface area (Å²) in [5, 5.41) is 36.8. The van der Waals surface area contributed by atoms with Crippen LogP contribution in [0.4, 0.5) is 49.3 Å². The van der Waals surface area contributed by atoms with E-state index in [0.29, 0.717) is 190 Å². The van der Waals surface area contributed by atoms with Gasteiger partial charge in [-0.3, -0.25) is 59.4 Å². The summed E-state index contributed by atoms with van der Waals surface area (Å²) in [5.41, 5.74) is 5.44. The number of ether oxygens (including phenoxy) is 12. The maximum absolute atomic E-state index is 13.3. The Kier molecular flexibility index (Phi) is 28.1. The molecule has 0 radical (unpaired) electrons. The molecule has 9 aliphatic rings. The second kappa shape index (κ2) is 39.5. The van der Waals surface area contributed by atoms with E-state index in [1.807, 2.05) is 36.4 Å². The maximum atomic E-state index is 13.3. The Labute approximate surface area is 689 Å². The first kappa shape index (κ1) is 85.5. The van der Waals surface area contributed by atoms with Crippen LogP contribution in [0.1, 0.15) is 120 Å². The first-order chi connectivity index (χ1) is 58.3. The number of hydrogen-bond donors (Lipinski definition) is 3. The molecule has 0 saturated carbocycles. The molecule has 9 aliphatic heterocycles. The van der Waals surface area contributed by atoms with Crippen molar-refractivity contribution in [3.63, 3.8) is 0 Å². The van der Waals surface area contributed by atoms with Gasteiger partial charge in [0, 0.05) is 156 Å². The Morgan fingerprint density at radius 2 is 0.692 bits per heavy atom. The molecule has 120 heavy (non-hydrogen) atoms. The van der Waals surface area contributed by atoms with Gasteiger partial charge in [0.1, 0.15) is 141 Å². The van der Waals surface area contributed by atoms with Gasteiger partial charge in [-0.05, 0) is 73.4 Å². The number of hydrogen-bond acceptors (Lipinski definition) is 30. The minimum atomic E-state index is -0.488. The molecular formula is C81H90N18O21. The highest BCUT2D eigenvalue weighted by Crippen LogP contribution is 2.36. The van der Waals surface area contributed by atoms with Gasteiger partial charge in [-0.15, -0.1) is 0 Å².